The Bertz CT molecular complexity index is 1490. The Labute approximate surface area is 286 Å². The lowest BCUT2D eigenvalue weighted by Crippen LogP contribution is -2.56. The minimum Gasteiger partial charge on any atom is -0.455 e. The predicted molar refractivity (Wildman–Crippen MR) is 182 cm³/mol. The van der Waals surface area contributed by atoms with Crippen LogP contribution in [0.4, 0.5) is 5.69 Å². The molecule has 6 atom stereocenters. The normalized spacial score (nSPS) is 24.5. The van der Waals surface area contributed by atoms with Crippen LogP contribution in [0.2, 0.25) is 5.02 Å². The van der Waals surface area contributed by atoms with Gasteiger partial charge in [-0.15, -0.1) is 13.2 Å². The Morgan fingerprint density at radius 1 is 1.10 bits per heavy atom. The number of amides is 3. The minimum atomic E-state index is -1.22. The molecule has 0 aromatic heterocycles. The molecule has 1 spiro atoms. The molecule has 0 unspecified atom stereocenters. The fraction of sp³-hybridized carbons (Fsp3) is 0.459. The largest absolute Gasteiger partial charge is 0.455 e. The molecule has 2 bridgehead atoms. The van der Waals surface area contributed by atoms with Crippen LogP contribution in [0.3, 0.4) is 0 Å². The van der Waals surface area contributed by atoms with E-state index in [9.17, 15) is 24.3 Å². The van der Waals surface area contributed by atoms with Crippen molar-refractivity contribution in [3.8, 4) is 0 Å². The zero-order valence-corrected chi connectivity index (χ0v) is 27.9. The Kier molecular flexibility index (Phi) is 11.7. The number of unbranched alkanes of at least 4 members (excludes halogenated alkanes) is 2. The summed E-state index contributed by atoms with van der Waals surface area (Å²) in [6, 6.07) is 15.0. The van der Waals surface area contributed by atoms with Crippen LogP contribution >= 0.6 is 11.6 Å². The van der Waals surface area contributed by atoms with Gasteiger partial charge in [0, 0.05) is 36.8 Å². The van der Waals surface area contributed by atoms with Crippen molar-refractivity contribution in [2.75, 3.05) is 31.1 Å². The average molecular weight is 678 g/mol. The molecule has 10 nitrogen and oxygen atoms in total. The molecule has 3 fully saturated rings. The Morgan fingerprint density at radius 2 is 1.85 bits per heavy atom. The number of aliphatic hydroxyl groups is 1. The van der Waals surface area contributed by atoms with Gasteiger partial charge in [0.1, 0.15) is 17.7 Å². The third-order valence-electron chi connectivity index (χ3n) is 9.57. The lowest BCUT2D eigenvalue weighted by atomic mass is 9.70. The fourth-order valence-corrected chi connectivity index (χ4v) is 7.50. The highest BCUT2D eigenvalue weighted by atomic mass is 35.5. The Morgan fingerprint density at radius 3 is 2.54 bits per heavy atom. The maximum absolute atomic E-state index is 14.6. The monoisotopic (exact) mass is 677 g/mol. The lowest BCUT2D eigenvalue weighted by Gasteiger charge is -2.36. The second kappa shape index (κ2) is 15.9. The van der Waals surface area contributed by atoms with Gasteiger partial charge in [0.05, 0.1) is 24.5 Å². The Balaban J connectivity index is 1.44. The van der Waals surface area contributed by atoms with Crippen molar-refractivity contribution in [1.82, 2.24) is 10.2 Å². The third kappa shape index (κ3) is 7.21. The first kappa shape index (κ1) is 35.3. The number of halogens is 1. The van der Waals surface area contributed by atoms with E-state index in [2.05, 4.69) is 18.5 Å². The maximum atomic E-state index is 14.6. The number of nitrogens with one attached hydrogen (secondary N) is 1. The van der Waals surface area contributed by atoms with E-state index in [1.54, 1.807) is 46.2 Å². The first-order chi connectivity index (χ1) is 23.2. The van der Waals surface area contributed by atoms with Gasteiger partial charge in [-0.1, -0.05) is 54.1 Å². The predicted octanol–water partition coefficient (Wildman–Crippen LogP) is 4.76. The first-order valence-corrected chi connectivity index (χ1v) is 17.0. The van der Waals surface area contributed by atoms with Crippen molar-refractivity contribution in [2.24, 2.45) is 11.8 Å². The second-order valence-electron chi connectivity index (χ2n) is 12.6. The number of carbonyl (C=O) groups is 4. The SMILES string of the molecule is C=CCCC(=O)NC[C@H](OC(=O)[C@@H]1[C@H]2C(=O)N(CCCCCO)[C@H](C(=O)N(CC=C)c3ccc(Cl)cc3)[C@]23CC[C@H]1O3)c1ccccc1. The first-order valence-electron chi connectivity index (χ1n) is 16.7. The number of carbonyl (C=O) groups excluding carboxylic acids is 4. The number of aliphatic hydroxyl groups excluding tert-OH is 1. The highest BCUT2D eigenvalue weighted by Crippen LogP contribution is 2.59. The molecule has 0 radical (unpaired) electrons. The molecule has 5 rings (SSSR count). The number of rotatable bonds is 17. The number of ether oxygens (including phenoxy) is 2. The smallest absolute Gasteiger partial charge is 0.313 e. The van der Waals surface area contributed by atoms with Crippen LogP contribution < -0.4 is 10.2 Å². The minimum absolute atomic E-state index is 0.0303. The van der Waals surface area contributed by atoms with E-state index < -0.39 is 41.7 Å². The topological polar surface area (TPSA) is 125 Å². The van der Waals surface area contributed by atoms with E-state index in [1.807, 2.05) is 30.3 Å². The summed E-state index contributed by atoms with van der Waals surface area (Å²) in [5.41, 5.74) is 0.0844. The number of allylic oxidation sites excluding steroid dienone is 1. The molecule has 3 aliphatic heterocycles. The number of hydrogen-bond donors (Lipinski definition) is 2. The molecule has 0 aliphatic carbocycles. The van der Waals surface area contributed by atoms with E-state index in [1.165, 1.54) is 0 Å². The van der Waals surface area contributed by atoms with Gasteiger partial charge in [-0.25, -0.2) is 0 Å². The number of benzene rings is 2. The van der Waals surface area contributed by atoms with Crippen LogP contribution in [0.15, 0.2) is 79.9 Å². The van der Waals surface area contributed by atoms with Crippen LogP contribution in [-0.2, 0) is 28.7 Å². The van der Waals surface area contributed by atoms with Gasteiger partial charge in [0.2, 0.25) is 11.8 Å². The van der Waals surface area contributed by atoms with Gasteiger partial charge in [-0.2, -0.15) is 0 Å². The molecule has 0 saturated carbocycles. The summed E-state index contributed by atoms with van der Waals surface area (Å²) in [6.07, 6.45) is 5.41. The van der Waals surface area contributed by atoms with Crippen molar-refractivity contribution >= 4 is 41.0 Å². The van der Waals surface area contributed by atoms with E-state index in [0.29, 0.717) is 54.8 Å². The zero-order valence-electron chi connectivity index (χ0n) is 27.1. The highest BCUT2D eigenvalue weighted by molar-refractivity contribution is 6.30. The third-order valence-corrected chi connectivity index (χ3v) is 9.82. The van der Waals surface area contributed by atoms with Crippen molar-refractivity contribution in [1.29, 1.82) is 0 Å². The molecule has 256 valence electrons. The highest BCUT2D eigenvalue weighted by Gasteiger charge is 2.75. The standard InChI is InChI=1S/C37H44ClN3O7/c1-3-5-14-30(43)39-24-29(25-12-8-6-9-13-25)47-36(46)31-28-19-20-37(48-28)32(31)34(44)41(22-10-7-11-23-42)33(37)35(45)40(21-4-2)27-17-15-26(38)16-18-27/h3-4,6,8-9,12-13,15-18,28-29,31-33,42H,1-2,5,7,10-11,14,19-24H2,(H,39,43)/t28-,29+,31+,32+,33-,37+/m1/s1. The summed E-state index contributed by atoms with van der Waals surface area (Å²) >= 11 is 6.14. The molecule has 11 heteroatoms. The van der Waals surface area contributed by atoms with E-state index in [-0.39, 0.29) is 50.4 Å². The van der Waals surface area contributed by atoms with Crippen LogP contribution in [0.5, 0.6) is 0 Å². The van der Waals surface area contributed by atoms with E-state index in [0.717, 1.165) is 0 Å². The number of esters is 1. The molecule has 2 aromatic carbocycles. The molecule has 2 aromatic rings. The van der Waals surface area contributed by atoms with Gasteiger partial charge in [-0.05, 0) is 68.4 Å². The average Bonchev–Trinajstić information content (AvgIpc) is 3.74. The van der Waals surface area contributed by atoms with E-state index in [4.69, 9.17) is 21.1 Å². The van der Waals surface area contributed by atoms with Crippen molar-refractivity contribution < 1.29 is 33.8 Å². The van der Waals surface area contributed by atoms with Gasteiger partial charge < -0.3 is 29.7 Å². The Hall–Kier alpha value is -3.99. The zero-order chi connectivity index (χ0) is 34.3. The van der Waals surface area contributed by atoms with Crippen molar-refractivity contribution in [3.05, 3.63) is 90.5 Å². The molecule has 2 N–H and O–H groups in total. The van der Waals surface area contributed by atoms with E-state index >= 15 is 0 Å². The molecule has 3 saturated heterocycles. The number of likely N-dealkylation sites (tertiary alicyclic amines) is 1. The summed E-state index contributed by atoms with van der Waals surface area (Å²) in [7, 11) is 0. The molecular formula is C37H44ClN3O7. The molecule has 3 amide bonds. The summed E-state index contributed by atoms with van der Waals surface area (Å²) in [6.45, 7) is 8.06. The van der Waals surface area contributed by atoms with Gasteiger partial charge in [-0.3, -0.25) is 19.2 Å². The molecule has 3 heterocycles. The lowest BCUT2D eigenvalue weighted by molar-refractivity contribution is -0.160. The van der Waals surface area contributed by atoms with Crippen molar-refractivity contribution in [2.45, 2.75) is 68.8 Å². The fourth-order valence-electron chi connectivity index (χ4n) is 7.37. The van der Waals surface area contributed by atoms with Crippen LogP contribution in [0.1, 0.15) is 56.6 Å². The van der Waals surface area contributed by atoms with Gasteiger partial charge in [0.25, 0.3) is 5.91 Å². The maximum Gasteiger partial charge on any atom is 0.313 e. The summed E-state index contributed by atoms with van der Waals surface area (Å²) in [5.74, 6) is -3.26. The van der Waals surface area contributed by atoms with Gasteiger partial charge in [0.15, 0.2) is 0 Å². The number of anilines is 1. The van der Waals surface area contributed by atoms with Crippen LogP contribution in [0.25, 0.3) is 0 Å². The van der Waals surface area contributed by atoms with Crippen LogP contribution in [0, 0.1) is 11.8 Å². The molecule has 3 aliphatic rings. The van der Waals surface area contributed by atoms with Gasteiger partial charge >= 0.3 is 5.97 Å². The quantitative estimate of drug-likeness (QED) is 0.141. The molecular weight excluding hydrogens is 634 g/mol. The second-order valence-corrected chi connectivity index (χ2v) is 13.0. The number of fused-ring (bicyclic) bond motifs is 1. The van der Waals surface area contributed by atoms with Crippen molar-refractivity contribution in [3.63, 3.8) is 0 Å². The number of hydrogen-bond acceptors (Lipinski definition) is 7. The van der Waals surface area contributed by atoms with Crippen LogP contribution in [-0.4, -0.2) is 77.7 Å². The number of nitrogens with zero attached hydrogens (tertiary/aromatic N) is 2. The summed E-state index contributed by atoms with van der Waals surface area (Å²) in [4.78, 5) is 58.8. The summed E-state index contributed by atoms with van der Waals surface area (Å²) in [5, 5.41) is 12.7. The molecule has 48 heavy (non-hydrogen) atoms. The summed E-state index contributed by atoms with van der Waals surface area (Å²) < 4.78 is 12.7.